The fraction of sp³-hybridized carbons (Fsp3) is 0.0870. The van der Waals surface area contributed by atoms with Crippen LogP contribution in [0.1, 0.15) is 21.7 Å². The van der Waals surface area contributed by atoms with E-state index in [0.29, 0.717) is 17.9 Å². The van der Waals surface area contributed by atoms with E-state index < -0.39 is 0 Å². The van der Waals surface area contributed by atoms with Crippen LogP contribution in [0.3, 0.4) is 0 Å². The first-order valence-electron chi connectivity index (χ1n) is 8.73. The van der Waals surface area contributed by atoms with E-state index in [1.807, 2.05) is 73.7 Å². The number of benzene rings is 3. The second-order valence-corrected chi connectivity index (χ2v) is 7.40. The van der Waals surface area contributed by atoms with Gasteiger partial charge in [0.15, 0.2) is 0 Å². The standard InChI is InChI=1S/C23H18BrNO2/c1-15-7-12-20-19(13-15)21(17-8-10-18(24)11-9-17)22(27-20)23(26)25-14-16-5-3-2-4-6-16/h2-13H,14H2,1H3,(H,25,26). The summed E-state index contributed by atoms with van der Waals surface area (Å²) in [6.07, 6.45) is 0. The molecule has 134 valence electrons. The van der Waals surface area contributed by atoms with Crippen LogP contribution in [0.2, 0.25) is 0 Å². The first-order valence-corrected chi connectivity index (χ1v) is 9.52. The quantitative estimate of drug-likeness (QED) is 0.434. The Hall–Kier alpha value is -2.85. The number of halogens is 1. The lowest BCUT2D eigenvalue weighted by molar-refractivity contribution is 0.0926. The molecule has 0 aliphatic carbocycles. The van der Waals surface area contributed by atoms with Crippen molar-refractivity contribution in [2.75, 3.05) is 0 Å². The van der Waals surface area contributed by atoms with E-state index in [0.717, 1.165) is 32.1 Å². The first kappa shape index (κ1) is 17.6. The number of aryl methyl sites for hydroxylation is 1. The average molecular weight is 420 g/mol. The van der Waals surface area contributed by atoms with E-state index >= 15 is 0 Å². The maximum atomic E-state index is 12.9. The molecule has 27 heavy (non-hydrogen) atoms. The van der Waals surface area contributed by atoms with Crippen LogP contribution in [-0.4, -0.2) is 5.91 Å². The van der Waals surface area contributed by atoms with Crippen LogP contribution in [0.25, 0.3) is 22.1 Å². The number of amides is 1. The van der Waals surface area contributed by atoms with E-state index in [-0.39, 0.29) is 5.91 Å². The Morgan fingerprint density at radius 2 is 1.74 bits per heavy atom. The summed E-state index contributed by atoms with van der Waals surface area (Å²) in [7, 11) is 0. The number of furan rings is 1. The Labute approximate surface area is 166 Å². The molecule has 0 fully saturated rings. The van der Waals surface area contributed by atoms with E-state index in [2.05, 4.69) is 27.3 Å². The molecule has 0 saturated carbocycles. The molecule has 0 aliphatic rings. The van der Waals surface area contributed by atoms with Crippen LogP contribution in [0.15, 0.2) is 81.7 Å². The number of fused-ring (bicyclic) bond motifs is 1. The summed E-state index contributed by atoms with van der Waals surface area (Å²) in [6.45, 7) is 2.49. The van der Waals surface area contributed by atoms with Gasteiger partial charge in [0.25, 0.3) is 5.91 Å². The Bertz CT molecular complexity index is 1100. The van der Waals surface area contributed by atoms with Crippen molar-refractivity contribution in [2.24, 2.45) is 0 Å². The van der Waals surface area contributed by atoms with Crippen molar-refractivity contribution in [2.45, 2.75) is 13.5 Å². The van der Waals surface area contributed by atoms with Crippen LogP contribution in [0.4, 0.5) is 0 Å². The van der Waals surface area contributed by atoms with Crippen molar-refractivity contribution in [1.29, 1.82) is 0 Å². The van der Waals surface area contributed by atoms with Gasteiger partial charge in [-0.3, -0.25) is 4.79 Å². The number of hydrogen-bond acceptors (Lipinski definition) is 2. The number of carbonyl (C=O) groups excluding carboxylic acids is 1. The molecule has 1 amide bonds. The van der Waals surface area contributed by atoms with E-state index in [4.69, 9.17) is 4.42 Å². The molecule has 1 heterocycles. The number of carbonyl (C=O) groups is 1. The third-order valence-corrected chi connectivity index (χ3v) is 5.01. The summed E-state index contributed by atoms with van der Waals surface area (Å²) < 4.78 is 6.96. The zero-order valence-electron chi connectivity index (χ0n) is 14.8. The van der Waals surface area contributed by atoms with Gasteiger partial charge in [0.1, 0.15) is 5.58 Å². The van der Waals surface area contributed by atoms with Gasteiger partial charge in [-0.25, -0.2) is 0 Å². The molecule has 4 heteroatoms. The molecule has 0 bridgehead atoms. The van der Waals surface area contributed by atoms with E-state index in [1.54, 1.807) is 0 Å². The van der Waals surface area contributed by atoms with Gasteiger partial charge in [-0.05, 0) is 42.3 Å². The molecule has 0 saturated heterocycles. The van der Waals surface area contributed by atoms with Gasteiger partial charge >= 0.3 is 0 Å². The second-order valence-electron chi connectivity index (χ2n) is 6.48. The lowest BCUT2D eigenvalue weighted by Gasteiger charge is -2.06. The summed E-state index contributed by atoms with van der Waals surface area (Å²) in [6, 6.07) is 23.7. The topological polar surface area (TPSA) is 42.2 Å². The predicted molar refractivity (Wildman–Crippen MR) is 112 cm³/mol. The van der Waals surface area contributed by atoms with Crippen molar-refractivity contribution in [3.05, 3.63) is 94.2 Å². The van der Waals surface area contributed by atoms with Crippen LogP contribution in [0.5, 0.6) is 0 Å². The maximum Gasteiger partial charge on any atom is 0.287 e. The van der Waals surface area contributed by atoms with Crippen LogP contribution >= 0.6 is 15.9 Å². The average Bonchev–Trinajstić information content (AvgIpc) is 3.06. The third kappa shape index (κ3) is 3.67. The highest BCUT2D eigenvalue weighted by Gasteiger charge is 2.22. The molecule has 4 aromatic rings. The monoisotopic (exact) mass is 419 g/mol. The summed E-state index contributed by atoms with van der Waals surface area (Å²) in [4.78, 5) is 12.9. The van der Waals surface area contributed by atoms with Gasteiger partial charge in [-0.1, -0.05) is 70.0 Å². The van der Waals surface area contributed by atoms with E-state index in [9.17, 15) is 4.79 Å². The lowest BCUT2D eigenvalue weighted by Crippen LogP contribution is -2.22. The van der Waals surface area contributed by atoms with Crippen LogP contribution in [0, 0.1) is 6.92 Å². The van der Waals surface area contributed by atoms with E-state index in [1.165, 1.54) is 0 Å². The molecule has 1 aromatic heterocycles. The highest BCUT2D eigenvalue weighted by molar-refractivity contribution is 9.10. The van der Waals surface area contributed by atoms with Gasteiger partial charge in [0.05, 0.1) is 0 Å². The molecule has 1 N–H and O–H groups in total. The molecule has 0 aliphatic heterocycles. The zero-order chi connectivity index (χ0) is 18.8. The SMILES string of the molecule is Cc1ccc2oc(C(=O)NCc3ccccc3)c(-c3ccc(Br)cc3)c2c1. The lowest BCUT2D eigenvalue weighted by atomic mass is 10.0. The van der Waals surface area contributed by atoms with Gasteiger partial charge in [0, 0.05) is 22.0 Å². The van der Waals surface area contributed by atoms with Crippen molar-refractivity contribution in [1.82, 2.24) is 5.32 Å². The number of rotatable bonds is 4. The van der Waals surface area contributed by atoms with Gasteiger partial charge in [-0.2, -0.15) is 0 Å². The Morgan fingerprint density at radius 1 is 1.00 bits per heavy atom. The van der Waals surface area contributed by atoms with Gasteiger partial charge < -0.3 is 9.73 Å². The van der Waals surface area contributed by atoms with Crippen molar-refractivity contribution < 1.29 is 9.21 Å². The minimum atomic E-state index is -0.217. The highest BCUT2D eigenvalue weighted by Crippen LogP contribution is 2.36. The largest absolute Gasteiger partial charge is 0.450 e. The van der Waals surface area contributed by atoms with Crippen LogP contribution < -0.4 is 5.32 Å². The minimum absolute atomic E-state index is 0.217. The number of hydrogen-bond donors (Lipinski definition) is 1. The minimum Gasteiger partial charge on any atom is -0.450 e. The summed E-state index contributed by atoms with van der Waals surface area (Å²) >= 11 is 3.47. The number of nitrogens with one attached hydrogen (secondary N) is 1. The first-order chi connectivity index (χ1) is 13.1. The van der Waals surface area contributed by atoms with Crippen molar-refractivity contribution >= 4 is 32.8 Å². The molecule has 0 atom stereocenters. The fourth-order valence-electron chi connectivity index (χ4n) is 3.13. The molecule has 0 unspecified atom stereocenters. The Kier molecular flexibility index (Phi) is 4.82. The molecule has 0 spiro atoms. The Morgan fingerprint density at radius 3 is 2.48 bits per heavy atom. The summed E-state index contributed by atoms with van der Waals surface area (Å²) in [5, 5.41) is 3.92. The second kappa shape index (κ2) is 7.41. The smallest absolute Gasteiger partial charge is 0.287 e. The molecule has 3 nitrogen and oxygen atoms in total. The molecular weight excluding hydrogens is 402 g/mol. The summed E-state index contributed by atoms with van der Waals surface area (Å²) in [5.41, 5.74) is 4.66. The van der Waals surface area contributed by atoms with Crippen molar-refractivity contribution in [3.8, 4) is 11.1 Å². The highest BCUT2D eigenvalue weighted by atomic mass is 79.9. The normalized spacial score (nSPS) is 10.9. The molecule has 0 radical (unpaired) electrons. The predicted octanol–water partition coefficient (Wildman–Crippen LogP) is 6.10. The molecule has 3 aromatic carbocycles. The van der Waals surface area contributed by atoms with Gasteiger partial charge in [0.2, 0.25) is 5.76 Å². The zero-order valence-corrected chi connectivity index (χ0v) is 16.4. The third-order valence-electron chi connectivity index (χ3n) is 4.48. The van der Waals surface area contributed by atoms with Crippen molar-refractivity contribution in [3.63, 3.8) is 0 Å². The van der Waals surface area contributed by atoms with Crippen LogP contribution in [-0.2, 0) is 6.54 Å². The van der Waals surface area contributed by atoms with Gasteiger partial charge in [-0.15, -0.1) is 0 Å². The molecular formula is C23H18BrNO2. The fourth-order valence-corrected chi connectivity index (χ4v) is 3.40. The summed E-state index contributed by atoms with van der Waals surface area (Å²) in [5.74, 6) is 0.125. The molecule has 4 rings (SSSR count). The maximum absolute atomic E-state index is 12.9. The Balaban J connectivity index is 1.76.